The van der Waals surface area contributed by atoms with Gasteiger partial charge in [-0.25, -0.2) is 4.79 Å². The topological polar surface area (TPSA) is 113 Å². The summed E-state index contributed by atoms with van der Waals surface area (Å²) in [7, 11) is 0. The van der Waals surface area contributed by atoms with Crippen molar-refractivity contribution in [1.29, 1.82) is 0 Å². The van der Waals surface area contributed by atoms with Crippen molar-refractivity contribution in [2.24, 2.45) is 5.73 Å². The summed E-state index contributed by atoms with van der Waals surface area (Å²) in [5, 5.41) is 11.4. The molecule has 20 heavy (non-hydrogen) atoms. The van der Waals surface area contributed by atoms with Crippen LogP contribution >= 0.6 is 0 Å². The first-order valence-electron chi connectivity index (χ1n) is 6.84. The number of rotatable bonds is 5. The predicted molar refractivity (Wildman–Crippen MR) is 73.0 cm³/mol. The molecule has 1 heterocycles. The number of nitrogens with two attached hydrogens (primary N) is 1. The summed E-state index contributed by atoms with van der Waals surface area (Å²) in [6.07, 6.45) is 3.12. The fourth-order valence-electron chi connectivity index (χ4n) is 2.26. The Balaban J connectivity index is 2.67. The highest BCUT2D eigenvalue weighted by molar-refractivity contribution is 5.89. The van der Waals surface area contributed by atoms with Gasteiger partial charge in [0.25, 0.3) is 0 Å². The molecule has 1 fully saturated rings. The molecule has 0 saturated carbocycles. The standard InChI is InChI=1S/C13H23N3O4/c1-13(2,11(14)19)15-12(20)16-8-4-3-5-9(16)6-7-10(17)18/h9H,3-8H2,1-2H3,(H2,14,19)(H,15,20)(H,17,18). The van der Waals surface area contributed by atoms with E-state index in [0.29, 0.717) is 13.0 Å². The molecule has 1 rings (SSSR count). The normalized spacial score (nSPS) is 19.5. The molecule has 0 spiro atoms. The maximum absolute atomic E-state index is 12.2. The van der Waals surface area contributed by atoms with E-state index in [1.807, 2.05) is 0 Å². The molecule has 0 aromatic rings. The van der Waals surface area contributed by atoms with Crippen molar-refractivity contribution in [3.8, 4) is 0 Å². The molecule has 1 aliphatic heterocycles. The summed E-state index contributed by atoms with van der Waals surface area (Å²) >= 11 is 0. The molecule has 7 nitrogen and oxygen atoms in total. The van der Waals surface area contributed by atoms with E-state index in [-0.39, 0.29) is 18.5 Å². The molecule has 0 aliphatic carbocycles. The largest absolute Gasteiger partial charge is 0.481 e. The smallest absolute Gasteiger partial charge is 0.318 e. The summed E-state index contributed by atoms with van der Waals surface area (Å²) in [5.41, 5.74) is 4.11. The second-order valence-electron chi connectivity index (χ2n) is 5.69. The molecule has 0 aromatic heterocycles. The minimum absolute atomic E-state index is 0.0354. The van der Waals surface area contributed by atoms with Crippen LogP contribution in [-0.2, 0) is 9.59 Å². The van der Waals surface area contributed by atoms with E-state index in [9.17, 15) is 14.4 Å². The van der Waals surface area contributed by atoms with Crippen molar-refractivity contribution >= 4 is 17.9 Å². The number of urea groups is 1. The zero-order chi connectivity index (χ0) is 15.3. The van der Waals surface area contributed by atoms with Crippen LogP contribution in [0.5, 0.6) is 0 Å². The highest BCUT2D eigenvalue weighted by atomic mass is 16.4. The van der Waals surface area contributed by atoms with Crippen molar-refractivity contribution < 1.29 is 19.5 Å². The molecule has 114 valence electrons. The van der Waals surface area contributed by atoms with Gasteiger partial charge in [-0.3, -0.25) is 9.59 Å². The number of hydrogen-bond acceptors (Lipinski definition) is 3. The van der Waals surface area contributed by atoms with Gasteiger partial charge in [-0.05, 0) is 39.5 Å². The number of carboxylic acids is 1. The van der Waals surface area contributed by atoms with E-state index in [1.165, 1.54) is 0 Å². The van der Waals surface area contributed by atoms with E-state index in [0.717, 1.165) is 19.3 Å². The van der Waals surface area contributed by atoms with Crippen LogP contribution in [0.2, 0.25) is 0 Å². The van der Waals surface area contributed by atoms with Gasteiger partial charge >= 0.3 is 12.0 Å². The third-order valence-electron chi connectivity index (χ3n) is 3.61. The molecular weight excluding hydrogens is 262 g/mol. The number of carbonyl (C=O) groups is 3. The molecule has 3 amide bonds. The molecule has 0 radical (unpaired) electrons. The lowest BCUT2D eigenvalue weighted by molar-refractivity contribution is -0.137. The Bertz CT molecular complexity index is 395. The van der Waals surface area contributed by atoms with Crippen LogP contribution in [0.4, 0.5) is 4.79 Å². The number of primary amides is 1. The average Bonchev–Trinajstić information content (AvgIpc) is 2.35. The Labute approximate surface area is 118 Å². The molecule has 4 N–H and O–H groups in total. The van der Waals surface area contributed by atoms with Crippen molar-refractivity contribution in [3.63, 3.8) is 0 Å². The Kier molecular flexibility index (Phi) is 5.35. The molecule has 7 heteroatoms. The van der Waals surface area contributed by atoms with E-state index in [1.54, 1.807) is 18.7 Å². The van der Waals surface area contributed by atoms with E-state index >= 15 is 0 Å². The number of piperidine rings is 1. The van der Waals surface area contributed by atoms with Gasteiger partial charge in [0.1, 0.15) is 5.54 Å². The Morgan fingerprint density at radius 2 is 2.00 bits per heavy atom. The summed E-state index contributed by atoms with van der Waals surface area (Å²) in [5.74, 6) is -1.47. The monoisotopic (exact) mass is 285 g/mol. The molecular formula is C13H23N3O4. The lowest BCUT2D eigenvalue weighted by Crippen LogP contribution is -2.59. The highest BCUT2D eigenvalue weighted by Crippen LogP contribution is 2.21. The van der Waals surface area contributed by atoms with Crippen LogP contribution < -0.4 is 11.1 Å². The fraction of sp³-hybridized carbons (Fsp3) is 0.769. The summed E-state index contributed by atoms with van der Waals surface area (Å²) in [6.45, 7) is 3.66. The molecule has 1 saturated heterocycles. The third-order valence-corrected chi connectivity index (χ3v) is 3.61. The fourth-order valence-corrected chi connectivity index (χ4v) is 2.26. The van der Waals surface area contributed by atoms with Gasteiger partial charge in [-0.2, -0.15) is 0 Å². The van der Waals surface area contributed by atoms with Gasteiger partial charge in [-0.1, -0.05) is 0 Å². The number of likely N-dealkylation sites (tertiary alicyclic amines) is 1. The van der Waals surface area contributed by atoms with Crippen LogP contribution in [0.15, 0.2) is 0 Å². The molecule has 1 unspecified atom stereocenters. The van der Waals surface area contributed by atoms with Gasteiger partial charge in [0.2, 0.25) is 5.91 Å². The lowest BCUT2D eigenvalue weighted by atomic mass is 9.98. The first-order valence-corrected chi connectivity index (χ1v) is 6.84. The van der Waals surface area contributed by atoms with Gasteiger partial charge < -0.3 is 21.1 Å². The van der Waals surface area contributed by atoms with E-state index < -0.39 is 17.4 Å². The predicted octanol–water partition coefficient (Wildman–Crippen LogP) is 0.679. The summed E-state index contributed by atoms with van der Waals surface area (Å²) in [4.78, 5) is 35.8. The molecule has 1 atom stereocenters. The third kappa shape index (κ3) is 4.40. The number of carbonyl (C=O) groups excluding carboxylic acids is 2. The Morgan fingerprint density at radius 3 is 2.55 bits per heavy atom. The number of amides is 3. The van der Waals surface area contributed by atoms with E-state index in [4.69, 9.17) is 10.8 Å². The van der Waals surface area contributed by atoms with Gasteiger partial charge in [0.15, 0.2) is 0 Å². The first kappa shape index (κ1) is 16.3. The Morgan fingerprint density at radius 1 is 1.35 bits per heavy atom. The van der Waals surface area contributed by atoms with Gasteiger partial charge in [0.05, 0.1) is 0 Å². The average molecular weight is 285 g/mol. The van der Waals surface area contributed by atoms with E-state index in [2.05, 4.69) is 5.32 Å². The van der Waals surface area contributed by atoms with Crippen LogP contribution in [0.25, 0.3) is 0 Å². The van der Waals surface area contributed by atoms with Crippen molar-refractivity contribution in [3.05, 3.63) is 0 Å². The van der Waals surface area contributed by atoms with Crippen molar-refractivity contribution in [2.45, 2.75) is 57.5 Å². The minimum atomic E-state index is -1.12. The SMILES string of the molecule is CC(C)(NC(=O)N1CCCCC1CCC(=O)O)C(N)=O. The van der Waals surface area contributed by atoms with Gasteiger partial charge in [-0.15, -0.1) is 0 Å². The number of nitrogens with zero attached hydrogens (tertiary/aromatic N) is 1. The maximum atomic E-state index is 12.2. The lowest BCUT2D eigenvalue weighted by Gasteiger charge is -2.37. The number of hydrogen-bond donors (Lipinski definition) is 3. The van der Waals surface area contributed by atoms with Crippen LogP contribution in [0.3, 0.4) is 0 Å². The highest BCUT2D eigenvalue weighted by Gasteiger charge is 2.32. The first-order chi connectivity index (χ1) is 9.24. The minimum Gasteiger partial charge on any atom is -0.481 e. The second-order valence-corrected chi connectivity index (χ2v) is 5.69. The van der Waals surface area contributed by atoms with Gasteiger partial charge in [0, 0.05) is 19.0 Å². The van der Waals surface area contributed by atoms with Crippen LogP contribution in [0, 0.1) is 0 Å². The zero-order valence-electron chi connectivity index (χ0n) is 12.0. The maximum Gasteiger partial charge on any atom is 0.318 e. The van der Waals surface area contributed by atoms with Crippen molar-refractivity contribution in [1.82, 2.24) is 10.2 Å². The number of nitrogens with one attached hydrogen (secondary N) is 1. The molecule has 0 aromatic carbocycles. The van der Waals surface area contributed by atoms with Crippen LogP contribution in [-0.4, -0.2) is 46.0 Å². The second kappa shape index (κ2) is 6.58. The molecule has 0 bridgehead atoms. The zero-order valence-corrected chi connectivity index (χ0v) is 12.0. The summed E-state index contributed by atoms with van der Waals surface area (Å²) < 4.78 is 0. The summed E-state index contributed by atoms with van der Waals surface area (Å²) in [6, 6.07) is -0.451. The quantitative estimate of drug-likeness (QED) is 0.689. The molecule has 1 aliphatic rings. The Hall–Kier alpha value is -1.79. The number of aliphatic carboxylic acids is 1. The van der Waals surface area contributed by atoms with Crippen LogP contribution in [0.1, 0.15) is 46.0 Å². The van der Waals surface area contributed by atoms with Crippen molar-refractivity contribution in [2.75, 3.05) is 6.54 Å². The number of carboxylic acid groups (broad SMARTS) is 1.